The zero-order chi connectivity index (χ0) is 13.4. The zero-order valence-electron chi connectivity index (χ0n) is 9.64. The van der Waals surface area contributed by atoms with E-state index in [1.807, 2.05) is 0 Å². The molecule has 2 N–H and O–H groups in total. The lowest BCUT2D eigenvalue weighted by molar-refractivity contribution is -0.194. The van der Waals surface area contributed by atoms with Gasteiger partial charge in [-0.3, -0.25) is 9.59 Å². The number of carbonyl (C=O) groups excluding carboxylic acids is 2. The van der Waals surface area contributed by atoms with Gasteiger partial charge in [-0.1, -0.05) is 0 Å². The van der Waals surface area contributed by atoms with Gasteiger partial charge < -0.3 is 15.5 Å². The summed E-state index contributed by atoms with van der Waals surface area (Å²) in [5.41, 5.74) is -0.946. The number of carbonyl (C=O) groups is 2. The molecule has 0 radical (unpaired) electrons. The average Bonchev–Trinajstić information content (AvgIpc) is 2.32. The Kier molecular flexibility index (Phi) is 3.22. The number of amides is 2. The molecule has 2 amide bonds. The molecule has 2 aliphatic heterocycles. The molecule has 102 valence electrons. The van der Waals surface area contributed by atoms with Crippen LogP contribution in [0.5, 0.6) is 0 Å². The highest BCUT2D eigenvalue weighted by molar-refractivity contribution is 5.89. The minimum absolute atomic E-state index is 0.0701. The van der Waals surface area contributed by atoms with Crippen LogP contribution in [0.25, 0.3) is 0 Å². The van der Waals surface area contributed by atoms with E-state index in [4.69, 9.17) is 0 Å². The van der Waals surface area contributed by atoms with E-state index < -0.39 is 30.1 Å². The average molecular weight is 265 g/mol. The van der Waals surface area contributed by atoms with Gasteiger partial charge >= 0.3 is 12.1 Å². The minimum Gasteiger partial charge on any atom is -0.352 e. The minimum atomic E-state index is -4.94. The second-order valence-corrected chi connectivity index (χ2v) is 4.67. The van der Waals surface area contributed by atoms with E-state index in [9.17, 15) is 22.8 Å². The summed E-state index contributed by atoms with van der Waals surface area (Å²) >= 11 is 0. The molecule has 1 spiro atoms. The smallest absolute Gasteiger partial charge is 0.352 e. The van der Waals surface area contributed by atoms with Gasteiger partial charge in [-0.2, -0.15) is 13.2 Å². The number of piperidine rings is 1. The van der Waals surface area contributed by atoms with Crippen LogP contribution < -0.4 is 10.6 Å². The van der Waals surface area contributed by atoms with Crippen molar-refractivity contribution in [1.82, 2.24) is 15.5 Å². The highest BCUT2D eigenvalue weighted by atomic mass is 19.4. The van der Waals surface area contributed by atoms with Gasteiger partial charge in [-0.25, -0.2) is 0 Å². The molecule has 18 heavy (non-hydrogen) atoms. The molecule has 5 nitrogen and oxygen atoms in total. The monoisotopic (exact) mass is 265 g/mol. The Morgan fingerprint density at radius 1 is 1.33 bits per heavy atom. The topological polar surface area (TPSA) is 61.4 Å². The fourth-order valence-corrected chi connectivity index (χ4v) is 2.50. The molecule has 8 heteroatoms. The number of rotatable bonds is 0. The zero-order valence-corrected chi connectivity index (χ0v) is 9.64. The predicted octanol–water partition coefficient (Wildman–Crippen LogP) is -0.371. The third-order valence-electron chi connectivity index (χ3n) is 3.43. The molecule has 1 atom stereocenters. The highest BCUT2D eigenvalue weighted by Gasteiger charge is 2.52. The fraction of sp³-hybridized carbons (Fsp3) is 0.800. The first-order valence-corrected chi connectivity index (χ1v) is 5.71. The van der Waals surface area contributed by atoms with Crippen molar-refractivity contribution in [1.29, 1.82) is 0 Å². The first kappa shape index (κ1) is 13.1. The van der Waals surface area contributed by atoms with Crippen LogP contribution in [0.3, 0.4) is 0 Å². The summed E-state index contributed by atoms with van der Waals surface area (Å²) in [5.74, 6) is -2.48. The molecule has 2 heterocycles. The SMILES string of the molecule is O=C1CN(C(=O)C(F)(F)F)C2(CCCNC2)CN1. The van der Waals surface area contributed by atoms with Gasteiger partial charge in [-0.05, 0) is 19.4 Å². The largest absolute Gasteiger partial charge is 0.471 e. The van der Waals surface area contributed by atoms with E-state index in [1.54, 1.807) is 0 Å². The molecular formula is C10H14F3N3O2. The van der Waals surface area contributed by atoms with Gasteiger partial charge in [-0.15, -0.1) is 0 Å². The van der Waals surface area contributed by atoms with E-state index in [2.05, 4.69) is 10.6 Å². The van der Waals surface area contributed by atoms with E-state index in [0.717, 1.165) is 0 Å². The van der Waals surface area contributed by atoms with Crippen molar-refractivity contribution in [3.05, 3.63) is 0 Å². The van der Waals surface area contributed by atoms with Crippen LogP contribution in [0.1, 0.15) is 12.8 Å². The molecule has 0 aromatic rings. The number of nitrogens with zero attached hydrogens (tertiary/aromatic N) is 1. The molecular weight excluding hydrogens is 251 g/mol. The number of hydrogen-bond donors (Lipinski definition) is 2. The van der Waals surface area contributed by atoms with Crippen molar-refractivity contribution in [2.24, 2.45) is 0 Å². The fourth-order valence-electron chi connectivity index (χ4n) is 2.50. The van der Waals surface area contributed by atoms with E-state index >= 15 is 0 Å². The third-order valence-corrected chi connectivity index (χ3v) is 3.43. The van der Waals surface area contributed by atoms with Gasteiger partial charge in [0.1, 0.15) is 6.54 Å². The van der Waals surface area contributed by atoms with Crippen molar-refractivity contribution in [2.45, 2.75) is 24.6 Å². The van der Waals surface area contributed by atoms with Gasteiger partial charge in [0.05, 0.1) is 5.54 Å². The Balaban J connectivity index is 2.26. The number of nitrogens with one attached hydrogen (secondary N) is 2. The molecule has 0 aromatic carbocycles. The number of piperazine rings is 1. The first-order chi connectivity index (χ1) is 8.35. The van der Waals surface area contributed by atoms with Gasteiger partial charge in [0.2, 0.25) is 5.91 Å². The number of halogens is 3. The Hall–Kier alpha value is -1.31. The van der Waals surface area contributed by atoms with Crippen molar-refractivity contribution in [3.63, 3.8) is 0 Å². The maximum atomic E-state index is 12.6. The lowest BCUT2D eigenvalue weighted by Crippen LogP contribution is -2.71. The first-order valence-electron chi connectivity index (χ1n) is 5.71. The van der Waals surface area contributed by atoms with Crippen molar-refractivity contribution < 1.29 is 22.8 Å². The maximum absolute atomic E-state index is 12.6. The van der Waals surface area contributed by atoms with E-state index in [0.29, 0.717) is 24.3 Å². The summed E-state index contributed by atoms with van der Waals surface area (Å²) in [4.78, 5) is 23.3. The molecule has 0 aromatic heterocycles. The number of hydrogen-bond acceptors (Lipinski definition) is 3. The summed E-state index contributed by atoms with van der Waals surface area (Å²) in [6, 6.07) is 0. The molecule has 1 unspecified atom stereocenters. The summed E-state index contributed by atoms with van der Waals surface area (Å²) in [6.07, 6.45) is -3.80. The van der Waals surface area contributed by atoms with Crippen LogP contribution in [0.4, 0.5) is 13.2 Å². The normalized spacial score (nSPS) is 29.3. The Morgan fingerprint density at radius 2 is 2.06 bits per heavy atom. The van der Waals surface area contributed by atoms with Crippen LogP contribution in [0, 0.1) is 0 Å². The van der Waals surface area contributed by atoms with Crippen LogP contribution in [-0.4, -0.2) is 54.6 Å². The molecule has 2 rings (SSSR count). The lowest BCUT2D eigenvalue weighted by atomic mass is 9.86. The van der Waals surface area contributed by atoms with E-state index in [-0.39, 0.29) is 13.1 Å². The summed E-state index contributed by atoms with van der Waals surface area (Å²) in [5, 5.41) is 5.52. The quantitative estimate of drug-likeness (QED) is 0.628. The third kappa shape index (κ3) is 2.29. The van der Waals surface area contributed by atoms with Crippen LogP contribution in [0.2, 0.25) is 0 Å². The van der Waals surface area contributed by atoms with Crippen molar-refractivity contribution in [3.8, 4) is 0 Å². The molecule has 2 aliphatic rings. The Bertz CT molecular complexity index is 364. The highest BCUT2D eigenvalue weighted by Crippen LogP contribution is 2.30. The maximum Gasteiger partial charge on any atom is 0.471 e. The molecule has 0 aliphatic carbocycles. The molecule has 2 saturated heterocycles. The molecule has 0 bridgehead atoms. The predicted molar refractivity (Wildman–Crippen MR) is 55.6 cm³/mol. The van der Waals surface area contributed by atoms with Crippen molar-refractivity contribution >= 4 is 11.8 Å². The second-order valence-electron chi connectivity index (χ2n) is 4.67. The summed E-state index contributed by atoms with van der Waals surface area (Å²) in [6.45, 7) is 0.527. The van der Waals surface area contributed by atoms with Crippen LogP contribution in [-0.2, 0) is 9.59 Å². The summed E-state index contributed by atoms with van der Waals surface area (Å²) < 4.78 is 37.7. The van der Waals surface area contributed by atoms with E-state index in [1.165, 1.54) is 0 Å². The van der Waals surface area contributed by atoms with Crippen LogP contribution >= 0.6 is 0 Å². The molecule has 0 saturated carbocycles. The Morgan fingerprint density at radius 3 is 2.61 bits per heavy atom. The second kappa shape index (κ2) is 4.42. The standard InChI is InChI=1S/C10H14F3N3O2/c11-10(12,13)8(18)16-4-7(17)15-6-9(16)2-1-3-14-5-9/h14H,1-6H2,(H,15,17). The van der Waals surface area contributed by atoms with Gasteiger partial charge in [0.15, 0.2) is 0 Å². The lowest BCUT2D eigenvalue weighted by Gasteiger charge is -2.49. The summed E-state index contributed by atoms with van der Waals surface area (Å²) in [7, 11) is 0. The van der Waals surface area contributed by atoms with Gasteiger partial charge in [0.25, 0.3) is 0 Å². The van der Waals surface area contributed by atoms with Gasteiger partial charge in [0, 0.05) is 13.1 Å². The van der Waals surface area contributed by atoms with Crippen molar-refractivity contribution in [2.75, 3.05) is 26.2 Å². The number of alkyl halides is 3. The Labute approximate surface area is 102 Å². The molecule has 2 fully saturated rings. The van der Waals surface area contributed by atoms with Crippen LogP contribution in [0.15, 0.2) is 0 Å².